The Morgan fingerprint density at radius 2 is 2.06 bits per heavy atom. The second-order valence-corrected chi connectivity index (χ2v) is 5.22. The minimum absolute atomic E-state index is 0.670. The van der Waals surface area contributed by atoms with Gasteiger partial charge in [0.05, 0.1) is 5.02 Å². The highest BCUT2D eigenvalue weighted by atomic mass is 35.5. The molecule has 1 aromatic rings. The van der Waals surface area contributed by atoms with E-state index in [0.29, 0.717) is 16.9 Å². The minimum atomic E-state index is 0.670. The van der Waals surface area contributed by atoms with Crippen LogP contribution in [-0.4, -0.2) is 18.1 Å². The largest absolute Gasteiger partial charge is 0.370 e. The van der Waals surface area contributed by atoms with E-state index in [1.165, 1.54) is 25.7 Å². The molecule has 1 aromatic heterocycles. The topological polar surface area (TPSA) is 50.9 Å². The summed E-state index contributed by atoms with van der Waals surface area (Å²) < 4.78 is 0. The first-order valence-electron chi connectivity index (χ1n) is 6.35. The molecule has 2 unspecified atom stereocenters. The zero-order valence-corrected chi connectivity index (χ0v) is 10.8. The minimum Gasteiger partial charge on any atom is -0.370 e. The van der Waals surface area contributed by atoms with Crippen molar-refractivity contribution in [1.29, 1.82) is 0 Å². The number of aromatic nitrogens is 1. The zero-order valence-electron chi connectivity index (χ0n) is 10.0. The molecule has 0 bridgehead atoms. The van der Waals surface area contributed by atoms with Gasteiger partial charge in [-0.15, -0.1) is 0 Å². The fraction of sp³-hybridized carbons (Fsp3) is 0.615. The van der Waals surface area contributed by atoms with E-state index in [1.807, 2.05) is 12.1 Å². The molecule has 2 rings (SSSR count). The summed E-state index contributed by atoms with van der Waals surface area (Å²) in [6, 6.07) is 3.78. The normalized spacial score (nSPS) is 24.6. The molecule has 0 aliphatic heterocycles. The molecular weight excluding hydrogens is 234 g/mol. The van der Waals surface area contributed by atoms with Crippen molar-refractivity contribution in [3.05, 3.63) is 23.4 Å². The van der Waals surface area contributed by atoms with Gasteiger partial charge < -0.3 is 11.1 Å². The van der Waals surface area contributed by atoms with Gasteiger partial charge in [-0.05, 0) is 43.4 Å². The summed E-state index contributed by atoms with van der Waals surface area (Å²) in [5.74, 6) is 2.26. The smallest absolute Gasteiger partial charge is 0.125 e. The van der Waals surface area contributed by atoms with Crippen molar-refractivity contribution < 1.29 is 0 Å². The molecule has 3 nitrogen and oxygen atoms in total. The van der Waals surface area contributed by atoms with Gasteiger partial charge in [-0.2, -0.15) is 0 Å². The molecule has 2 atom stereocenters. The maximum absolute atomic E-state index is 5.82. The lowest BCUT2D eigenvalue weighted by atomic mass is 9.79. The molecular formula is C13H20ClN3. The van der Waals surface area contributed by atoms with Gasteiger partial charge in [0.1, 0.15) is 5.82 Å². The van der Waals surface area contributed by atoms with Crippen molar-refractivity contribution in [3.63, 3.8) is 0 Å². The quantitative estimate of drug-likeness (QED) is 0.868. The van der Waals surface area contributed by atoms with Crippen LogP contribution >= 0.6 is 11.6 Å². The molecule has 0 radical (unpaired) electrons. The predicted molar refractivity (Wildman–Crippen MR) is 72.2 cm³/mol. The van der Waals surface area contributed by atoms with Gasteiger partial charge in [0.15, 0.2) is 0 Å². The summed E-state index contributed by atoms with van der Waals surface area (Å²) in [4.78, 5) is 4.24. The number of nitrogens with one attached hydrogen (secondary N) is 1. The van der Waals surface area contributed by atoms with Gasteiger partial charge in [0.25, 0.3) is 0 Å². The van der Waals surface area contributed by atoms with Gasteiger partial charge in [0.2, 0.25) is 0 Å². The van der Waals surface area contributed by atoms with Gasteiger partial charge >= 0.3 is 0 Å². The van der Waals surface area contributed by atoms with Crippen LogP contribution in [0.4, 0.5) is 5.82 Å². The molecule has 0 saturated heterocycles. The lowest BCUT2D eigenvalue weighted by Gasteiger charge is -2.30. The Balaban J connectivity index is 1.86. The number of hydrogen-bond acceptors (Lipinski definition) is 3. The van der Waals surface area contributed by atoms with Crippen LogP contribution in [0, 0.1) is 11.8 Å². The van der Waals surface area contributed by atoms with E-state index < -0.39 is 0 Å². The molecule has 1 aliphatic carbocycles. The summed E-state index contributed by atoms with van der Waals surface area (Å²) in [5, 5.41) is 4.05. The van der Waals surface area contributed by atoms with Gasteiger partial charge in [0, 0.05) is 12.7 Å². The van der Waals surface area contributed by atoms with E-state index in [1.54, 1.807) is 6.20 Å². The Bertz CT molecular complexity index is 339. The van der Waals surface area contributed by atoms with Crippen molar-refractivity contribution in [2.24, 2.45) is 17.6 Å². The van der Waals surface area contributed by atoms with E-state index in [9.17, 15) is 0 Å². The second kappa shape index (κ2) is 6.22. The van der Waals surface area contributed by atoms with Gasteiger partial charge in [-0.25, -0.2) is 4.98 Å². The van der Waals surface area contributed by atoms with Crippen LogP contribution in [0.1, 0.15) is 25.7 Å². The molecule has 94 valence electrons. The Morgan fingerprint density at radius 3 is 2.71 bits per heavy atom. The molecule has 1 heterocycles. The number of nitrogens with two attached hydrogens (primary N) is 1. The van der Waals surface area contributed by atoms with Crippen molar-refractivity contribution >= 4 is 17.4 Å². The third kappa shape index (κ3) is 3.58. The molecule has 0 aromatic carbocycles. The van der Waals surface area contributed by atoms with Gasteiger partial charge in [-0.1, -0.05) is 24.4 Å². The van der Waals surface area contributed by atoms with Crippen molar-refractivity contribution in [1.82, 2.24) is 4.98 Å². The fourth-order valence-corrected chi connectivity index (χ4v) is 2.69. The average molecular weight is 254 g/mol. The van der Waals surface area contributed by atoms with Crippen LogP contribution in [0.5, 0.6) is 0 Å². The molecule has 3 N–H and O–H groups in total. The first kappa shape index (κ1) is 12.7. The van der Waals surface area contributed by atoms with Crippen LogP contribution < -0.4 is 11.1 Å². The number of hydrogen-bond donors (Lipinski definition) is 2. The Morgan fingerprint density at radius 1 is 1.29 bits per heavy atom. The first-order chi connectivity index (χ1) is 8.29. The predicted octanol–water partition coefficient (Wildman–Crippen LogP) is 2.91. The standard InChI is InChI=1S/C13H20ClN3/c14-12-5-6-13(17-9-12)16-8-11-4-2-1-3-10(11)7-15/h5-6,9-11H,1-4,7-8,15H2,(H,16,17). The Labute approximate surface area is 108 Å². The number of pyridine rings is 1. The number of anilines is 1. The fourth-order valence-electron chi connectivity index (χ4n) is 2.58. The third-order valence-electron chi connectivity index (χ3n) is 3.64. The Hall–Kier alpha value is -0.800. The molecule has 1 saturated carbocycles. The van der Waals surface area contributed by atoms with Crippen LogP contribution in [-0.2, 0) is 0 Å². The Kier molecular flexibility index (Phi) is 4.63. The van der Waals surface area contributed by atoms with Crippen LogP contribution in [0.3, 0.4) is 0 Å². The van der Waals surface area contributed by atoms with Crippen molar-refractivity contribution in [2.45, 2.75) is 25.7 Å². The molecule has 1 fully saturated rings. The lowest BCUT2D eigenvalue weighted by Crippen LogP contribution is -2.31. The van der Waals surface area contributed by atoms with Crippen molar-refractivity contribution in [3.8, 4) is 0 Å². The summed E-state index contributed by atoms with van der Waals surface area (Å²) in [6.07, 6.45) is 6.89. The first-order valence-corrected chi connectivity index (χ1v) is 6.73. The third-order valence-corrected chi connectivity index (χ3v) is 3.87. The van der Waals surface area contributed by atoms with E-state index in [0.717, 1.165) is 18.9 Å². The van der Waals surface area contributed by atoms with E-state index in [-0.39, 0.29) is 0 Å². The lowest BCUT2D eigenvalue weighted by molar-refractivity contribution is 0.255. The number of halogens is 1. The van der Waals surface area contributed by atoms with E-state index >= 15 is 0 Å². The summed E-state index contributed by atoms with van der Waals surface area (Å²) >= 11 is 5.80. The SMILES string of the molecule is NCC1CCCCC1CNc1ccc(Cl)cn1. The highest BCUT2D eigenvalue weighted by Crippen LogP contribution is 2.29. The zero-order chi connectivity index (χ0) is 12.1. The van der Waals surface area contributed by atoms with Gasteiger partial charge in [-0.3, -0.25) is 0 Å². The van der Waals surface area contributed by atoms with Crippen molar-refractivity contribution in [2.75, 3.05) is 18.4 Å². The number of nitrogens with zero attached hydrogens (tertiary/aromatic N) is 1. The maximum atomic E-state index is 5.82. The number of rotatable bonds is 4. The molecule has 0 amide bonds. The molecule has 17 heavy (non-hydrogen) atoms. The maximum Gasteiger partial charge on any atom is 0.125 e. The molecule has 0 spiro atoms. The molecule has 4 heteroatoms. The highest BCUT2D eigenvalue weighted by Gasteiger charge is 2.23. The van der Waals surface area contributed by atoms with Crippen LogP contribution in [0.2, 0.25) is 5.02 Å². The van der Waals surface area contributed by atoms with Crippen LogP contribution in [0.15, 0.2) is 18.3 Å². The highest BCUT2D eigenvalue weighted by molar-refractivity contribution is 6.30. The van der Waals surface area contributed by atoms with E-state index in [2.05, 4.69) is 10.3 Å². The summed E-state index contributed by atoms with van der Waals surface area (Å²) in [6.45, 7) is 1.77. The summed E-state index contributed by atoms with van der Waals surface area (Å²) in [5.41, 5.74) is 5.82. The molecule has 1 aliphatic rings. The average Bonchev–Trinajstić information content (AvgIpc) is 2.38. The second-order valence-electron chi connectivity index (χ2n) is 4.78. The monoisotopic (exact) mass is 253 g/mol. The summed E-state index contributed by atoms with van der Waals surface area (Å²) in [7, 11) is 0. The van der Waals surface area contributed by atoms with E-state index in [4.69, 9.17) is 17.3 Å². The van der Waals surface area contributed by atoms with Crippen LogP contribution in [0.25, 0.3) is 0 Å².